The molecule has 0 aliphatic heterocycles. The second-order valence-electron chi connectivity index (χ2n) is 3.83. The monoisotopic (exact) mass is 237 g/mol. The first kappa shape index (κ1) is 14.0. The first-order valence-electron chi connectivity index (χ1n) is 6.30. The average molecular weight is 237 g/mol. The van der Waals surface area contributed by atoms with Crippen molar-refractivity contribution in [1.29, 1.82) is 0 Å². The maximum absolute atomic E-state index is 5.76. The Balaban J connectivity index is 2.63. The van der Waals surface area contributed by atoms with Gasteiger partial charge < -0.3 is 14.8 Å². The number of rotatable bonds is 8. The lowest BCUT2D eigenvalue weighted by atomic mass is 10.0. The summed E-state index contributed by atoms with van der Waals surface area (Å²) in [5.74, 6) is 0.952. The van der Waals surface area contributed by atoms with Crippen LogP contribution >= 0.6 is 0 Å². The summed E-state index contributed by atoms with van der Waals surface area (Å²) in [6, 6.07) is 8.52. The highest BCUT2D eigenvalue weighted by Gasteiger charge is 2.11. The van der Waals surface area contributed by atoms with Crippen molar-refractivity contribution in [2.45, 2.75) is 26.3 Å². The summed E-state index contributed by atoms with van der Waals surface area (Å²) in [5, 5.41) is 3.30. The Labute approximate surface area is 104 Å². The van der Waals surface area contributed by atoms with Crippen LogP contribution in [-0.4, -0.2) is 26.9 Å². The Hall–Kier alpha value is -1.06. The first-order valence-corrected chi connectivity index (χ1v) is 6.30. The van der Waals surface area contributed by atoms with Gasteiger partial charge in [0.15, 0.2) is 0 Å². The lowest BCUT2D eigenvalue weighted by Gasteiger charge is -2.18. The third-order valence-electron chi connectivity index (χ3n) is 2.74. The predicted molar refractivity (Wildman–Crippen MR) is 70.5 cm³/mol. The summed E-state index contributed by atoms with van der Waals surface area (Å²) in [6.07, 6.45) is 1.04. The first-order chi connectivity index (χ1) is 8.33. The van der Waals surface area contributed by atoms with Gasteiger partial charge in [-0.1, -0.05) is 25.1 Å². The molecule has 1 aromatic rings. The molecule has 17 heavy (non-hydrogen) atoms. The van der Waals surface area contributed by atoms with Crippen LogP contribution in [0.3, 0.4) is 0 Å². The van der Waals surface area contributed by atoms with Gasteiger partial charge in [-0.15, -0.1) is 0 Å². The van der Waals surface area contributed by atoms with Crippen molar-refractivity contribution in [3.8, 4) is 5.75 Å². The van der Waals surface area contributed by atoms with E-state index in [2.05, 4.69) is 18.3 Å². The van der Waals surface area contributed by atoms with Crippen LogP contribution in [0.5, 0.6) is 5.75 Å². The SMILES string of the molecule is CCOCCOc1ccccc1C(CC)NC. The van der Waals surface area contributed by atoms with E-state index in [1.165, 1.54) is 5.56 Å². The Morgan fingerprint density at radius 2 is 1.94 bits per heavy atom. The highest BCUT2D eigenvalue weighted by molar-refractivity contribution is 5.35. The molecule has 0 spiro atoms. The minimum atomic E-state index is 0.346. The largest absolute Gasteiger partial charge is 0.491 e. The molecular formula is C14H23NO2. The molecule has 1 rings (SSSR count). The van der Waals surface area contributed by atoms with Gasteiger partial charge in [0.1, 0.15) is 12.4 Å². The van der Waals surface area contributed by atoms with Crippen molar-refractivity contribution in [2.75, 3.05) is 26.9 Å². The molecular weight excluding hydrogens is 214 g/mol. The molecule has 0 aromatic heterocycles. The Bertz CT molecular complexity index is 311. The topological polar surface area (TPSA) is 30.5 Å². The van der Waals surface area contributed by atoms with E-state index < -0.39 is 0 Å². The molecule has 0 bridgehead atoms. The molecule has 96 valence electrons. The summed E-state index contributed by atoms with van der Waals surface area (Å²) in [4.78, 5) is 0. The van der Waals surface area contributed by atoms with Crippen LogP contribution in [0.4, 0.5) is 0 Å². The summed E-state index contributed by atoms with van der Waals surface area (Å²) in [5.41, 5.74) is 1.22. The smallest absolute Gasteiger partial charge is 0.124 e. The minimum Gasteiger partial charge on any atom is -0.491 e. The summed E-state index contributed by atoms with van der Waals surface area (Å²) in [7, 11) is 1.98. The van der Waals surface area contributed by atoms with Gasteiger partial charge >= 0.3 is 0 Å². The normalized spacial score (nSPS) is 12.4. The van der Waals surface area contributed by atoms with Gasteiger partial charge in [-0.3, -0.25) is 0 Å². The fourth-order valence-corrected chi connectivity index (χ4v) is 1.83. The van der Waals surface area contributed by atoms with Crippen LogP contribution in [0, 0.1) is 0 Å². The van der Waals surface area contributed by atoms with E-state index in [4.69, 9.17) is 9.47 Å². The van der Waals surface area contributed by atoms with Crippen LogP contribution in [0.15, 0.2) is 24.3 Å². The second-order valence-corrected chi connectivity index (χ2v) is 3.83. The summed E-state index contributed by atoms with van der Waals surface area (Å²) < 4.78 is 11.0. The van der Waals surface area contributed by atoms with E-state index >= 15 is 0 Å². The van der Waals surface area contributed by atoms with Gasteiger partial charge in [-0.25, -0.2) is 0 Å². The minimum absolute atomic E-state index is 0.346. The zero-order valence-electron chi connectivity index (χ0n) is 11.0. The van der Waals surface area contributed by atoms with Gasteiger partial charge in [-0.05, 0) is 26.5 Å². The second kappa shape index (κ2) is 8.09. The van der Waals surface area contributed by atoms with Gasteiger partial charge in [0.2, 0.25) is 0 Å². The fraction of sp³-hybridized carbons (Fsp3) is 0.571. The standard InChI is InChI=1S/C14H23NO2/c1-4-13(15-3)12-8-6-7-9-14(12)17-11-10-16-5-2/h6-9,13,15H,4-5,10-11H2,1-3H3. The van der Waals surface area contributed by atoms with Crippen molar-refractivity contribution in [3.63, 3.8) is 0 Å². The van der Waals surface area contributed by atoms with Crippen molar-refractivity contribution >= 4 is 0 Å². The predicted octanol–water partition coefficient (Wildman–Crippen LogP) is 2.77. The molecule has 0 radical (unpaired) electrons. The molecule has 0 fully saturated rings. The van der Waals surface area contributed by atoms with Crippen molar-refractivity contribution < 1.29 is 9.47 Å². The molecule has 0 saturated carbocycles. The van der Waals surface area contributed by atoms with Crippen LogP contribution in [0.25, 0.3) is 0 Å². The lowest BCUT2D eigenvalue weighted by Crippen LogP contribution is -2.17. The number of hydrogen-bond donors (Lipinski definition) is 1. The van der Waals surface area contributed by atoms with Crippen LogP contribution in [0.1, 0.15) is 31.9 Å². The van der Waals surface area contributed by atoms with Gasteiger partial charge in [-0.2, -0.15) is 0 Å². The molecule has 0 amide bonds. The third kappa shape index (κ3) is 4.36. The zero-order valence-corrected chi connectivity index (χ0v) is 11.0. The molecule has 3 nitrogen and oxygen atoms in total. The molecule has 0 heterocycles. The molecule has 1 unspecified atom stereocenters. The van der Waals surface area contributed by atoms with Crippen LogP contribution in [0.2, 0.25) is 0 Å². The Morgan fingerprint density at radius 1 is 1.18 bits per heavy atom. The molecule has 3 heteroatoms. The zero-order chi connectivity index (χ0) is 12.5. The number of hydrogen-bond acceptors (Lipinski definition) is 3. The molecule has 1 N–H and O–H groups in total. The highest BCUT2D eigenvalue weighted by atomic mass is 16.5. The summed E-state index contributed by atoms with van der Waals surface area (Å²) >= 11 is 0. The quantitative estimate of drug-likeness (QED) is 0.705. The van der Waals surface area contributed by atoms with Crippen molar-refractivity contribution in [3.05, 3.63) is 29.8 Å². The Morgan fingerprint density at radius 3 is 2.59 bits per heavy atom. The van der Waals surface area contributed by atoms with Crippen LogP contribution < -0.4 is 10.1 Å². The molecule has 0 saturated heterocycles. The number of para-hydroxylation sites is 1. The van der Waals surface area contributed by atoms with Gasteiger partial charge in [0.25, 0.3) is 0 Å². The third-order valence-corrected chi connectivity index (χ3v) is 2.74. The number of nitrogens with one attached hydrogen (secondary N) is 1. The highest BCUT2D eigenvalue weighted by Crippen LogP contribution is 2.26. The van der Waals surface area contributed by atoms with E-state index in [-0.39, 0.29) is 0 Å². The van der Waals surface area contributed by atoms with E-state index in [0.29, 0.717) is 19.3 Å². The van der Waals surface area contributed by atoms with E-state index in [0.717, 1.165) is 18.8 Å². The van der Waals surface area contributed by atoms with Crippen molar-refractivity contribution in [1.82, 2.24) is 5.32 Å². The molecule has 1 aromatic carbocycles. The maximum Gasteiger partial charge on any atom is 0.124 e. The number of benzene rings is 1. The lowest BCUT2D eigenvalue weighted by molar-refractivity contribution is 0.109. The maximum atomic E-state index is 5.76. The van der Waals surface area contributed by atoms with E-state index in [1.54, 1.807) is 0 Å². The fourth-order valence-electron chi connectivity index (χ4n) is 1.83. The Kier molecular flexibility index (Phi) is 6.67. The van der Waals surface area contributed by atoms with E-state index in [1.807, 2.05) is 32.2 Å². The molecule has 0 aliphatic rings. The summed E-state index contributed by atoms with van der Waals surface area (Å²) in [6.45, 7) is 6.13. The van der Waals surface area contributed by atoms with Gasteiger partial charge in [0.05, 0.1) is 6.61 Å². The number of ether oxygens (including phenoxy) is 2. The molecule has 1 atom stereocenters. The molecule has 0 aliphatic carbocycles. The van der Waals surface area contributed by atoms with E-state index in [9.17, 15) is 0 Å². The van der Waals surface area contributed by atoms with Gasteiger partial charge in [0, 0.05) is 18.2 Å². The van der Waals surface area contributed by atoms with Crippen molar-refractivity contribution in [2.24, 2.45) is 0 Å². The average Bonchev–Trinajstić information content (AvgIpc) is 2.38. The van der Waals surface area contributed by atoms with Crippen LogP contribution in [-0.2, 0) is 4.74 Å².